The number of aromatic nitrogens is 6. The molecule has 34 heteroatoms. The van der Waals surface area contributed by atoms with E-state index in [9.17, 15) is 73.2 Å². The molecule has 33 nitrogen and oxygen atoms in total. The number of carboxylic acid groups (broad SMARTS) is 1. The van der Waals surface area contributed by atoms with Gasteiger partial charge in [-0.15, -0.1) is 10.2 Å². The number of aliphatic hydroxyl groups excluding tert-OH is 3. The van der Waals surface area contributed by atoms with Gasteiger partial charge in [0.05, 0.1) is 49.5 Å². The number of aryl methyl sites for hydroxylation is 4. The van der Waals surface area contributed by atoms with Gasteiger partial charge in [0.2, 0.25) is 59.1 Å². The van der Waals surface area contributed by atoms with Crippen molar-refractivity contribution in [2.75, 3.05) is 26.3 Å². The van der Waals surface area contributed by atoms with Gasteiger partial charge >= 0.3 is 5.97 Å². The summed E-state index contributed by atoms with van der Waals surface area (Å²) in [4.78, 5) is 152. The van der Waals surface area contributed by atoms with Crippen LogP contribution in [0.15, 0.2) is 97.2 Å². The molecular formula is C72H96FN17O16. The van der Waals surface area contributed by atoms with Gasteiger partial charge < -0.3 is 84.5 Å². The van der Waals surface area contributed by atoms with Crippen molar-refractivity contribution in [2.24, 2.45) is 11.5 Å². The molecule has 0 saturated heterocycles. The quantitative estimate of drug-likeness (QED) is 0.0208. The minimum Gasteiger partial charge on any atom is -0.494 e. The average Bonchev–Trinajstić information content (AvgIpc) is 0.863. The van der Waals surface area contributed by atoms with Crippen molar-refractivity contribution in [1.82, 2.24) is 78.7 Å². The summed E-state index contributed by atoms with van der Waals surface area (Å²) in [6, 6.07) is 12.9. The SMILES string of the molecule is CCc1cc(OCCCCN)ccc1-c1ccc(C[C@H](NC(=O)[C@H](CC(=O)O)NC(=O)[C@H](CO)NC(=O)[C@@H](NC(=O)[C@](C)(Cc2ccccc2F)NC(=O)[C@@H](NC(=O)CNC(=O)[C@H](Cc2nn[nH]n2)NC(=O)C(C)(C)c2ccn[nH]2)[C@@H](C)O)[C@@H](C)O)C(=O)N[C@@H](CCCc2cc(C)cc(C)c2)C(N)=O)cc1. The Balaban J connectivity index is 1.18. The summed E-state index contributed by atoms with van der Waals surface area (Å²) in [7, 11) is 0. The number of halogens is 1. The van der Waals surface area contributed by atoms with Crippen LogP contribution in [0.5, 0.6) is 5.75 Å². The first-order valence-corrected chi connectivity index (χ1v) is 34.5. The topological polar surface area (TPSA) is 521 Å². The van der Waals surface area contributed by atoms with E-state index in [1.54, 1.807) is 44.2 Å². The number of carbonyl (C=O) groups is 11. The summed E-state index contributed by atoms with van der Waals surface area (Å²) in [6.07, 6.45) is -1.36. The van der Waals surface area contributed by atoms with Crippen LogP contribution in [0.25, 0.3) is 11.1 Å². The van der Waals surface area contributed by atoms with Crippen LogP contribution in [0, 0.1) is 19.7 Å². The third-order valence-corrected chi connectivity index (χ3v) is 17.5. The number of aliphatic carboxylic acids is 1. The van der Waals surface area contributed by atoms with E-state index in [0.29, 0.717) is 49.4 Å². The molecule has 10 atom stereocenters. The highest BCUT2D eigenvalue weighted by atomic mass is 19.1. The zero-order chi connectivity index (χ0) is 78.0. The second kappa shape index (κ2) is 39.7. The molecule has 2 heterocycles. The molecular weight excluding hydrogens is 1380 g/mol. The second-order valence-electron chi connectivity index (χ2n) is 26.7. The number of benzene rings is 4. The number of amides is 10. The lowest BCUT2D eigenvalue weighted by Gasteiger charge is -2.34. The van der Waals surface area contributed by atoms with Crippen molar-refractivity contribution < 1.29 is 82.3 Å². The van der Waals surface area contributed by atoms with Gasteiger partial charge in [0, 0.05) is 25.5 Å². The highest BCUT2D eigenvalue weighted by Crippen LogP contribution is 2.29. The minimum atomic E-state index is -2.37. The fourth-order valence-corrected chi connectivity index (χ4v) is 11.5. The van der Waals surface area contributed by atoms with Gasteiger partial charge in [0.15, 0.2) is 5.82 Å². The highest BCUT2D eigenvalue weighted by molar-refractivity contribution is 6.00. The Labute approximate surface area is 611 Å². The van der Waals surface area contributed by atoms with Gasteiger partial charge in [0.1, 0.15) is 59.4 Å². The number of H-pyrrole nitrogens is 2. The molecule has 0 unspecified atom stereocenters. The Morgan fingerprint density at radius 1 is 0.660 bits per heavy atom. The van der Waals surface area contributed by atoms with Crippen LogP contribution < -0.4 is 64.1 Å². The number of ether oxygens (including phenoxy) is 1. The molecule has 0 fully saturated rings. The smallest absolute Gasteiger partial charge is 0.305 e. The number of nitrogens with zero attached hydrogens (tertiary/aromatic N) is 4. The lowest BCUT2D eigenvalue weighted by Crippen LogP contribution is -2.67. The minimum absolute atomic E-state index is 0.00671. The van der Waals surface area contributed by atoms with E-state index >= 15 is 4.39 Å². The normalized spacial score (nSPS) is 14.5. The van der Waals surface area contributed by atoms with E-state index in [1.165, 1.54) is 24.4 Å². The Kier molecular flexibility index (Phi) is 31.4. The van der Waals surface area contributed by atoms with Crippen molar-refractivity contribution in [3.05, 3.63) is 148 Å². The zero-order valence-corrected chi connectivity index (χ0v) is 60.3. The fraction of sp³-hybridized carbons (Fsp3) is 0.458. The summed E-state index contributed by atoms with van der Waals surface area (Å²) in [5, 5.41) is 84.0. The molecule has 0 bridgehead atoms. The summed E-state index contributed by atoms with van der Waals surface area (Å²) < 4.78 is 21.4. The summed E-state index contributed by atoms with van der Waals surface area (Å²) >= 11 is 0. The fourth-order valence-electron chi connectivity index (χ4n) is 11.5. The number of nitrogens with two attached hydrogens (primary N) is 2. The molecule has 572 valence electrons. The van der Waals surface area contributed by atoms with E-state index in [4.69, 9.17) is 16.2 Å². The van der Waals surface area contributed by atoms with Crippen molar-refractivity contribution in [2.45, 2.75) is 185 Å². The Morgan fingerprint density at radius 3 is 1.90 bits per heavy atom. The molecule has 19 N–H and O–H groups in total. The first-order valence-electron chi connectivity index (χ1n) is 34.5. The van der Waals surface area contributed by atoms with Crippen molar-refractivity contribution >= 4 is 65.0 Å². The van der Waals surface area contributed by atoms with E-state index in [0.717, 1.165) is 73.1 Å². The van der Waals surface area contributed by atoms with Crippen LogP contribution in [0.3, 0.4) is 0 Å². The number of aliphatic hydroxyl groups is 3. The number of hydrogen-bond donors (Lipinski definition) is 17. The van der Waals surface area contributed by atoms with Crippen molar-refractivity contribution in [3.63, 3.8) is 0 Å². The number of hydrogen-bond acceptors (Lipinski definition) is 20. The number of primary amides is 1. The number of aromatic amines is 2. The molecule has 0 aliphatic carbocycles. The maximum absolute atomic E-state index is 15.5. The number of carboxylic acids is 1. The summed E-state index contributed by atoms with van der Waals surface area (Å²) in [5.41, 5.74) is 14.3. The van der Waals surface area contributed by atoms with E-state index in [2.05, 4.69) is 78.7 Å². The lowest BCUT2D eigenvalue weighted by molar-refractivity contribution is -0.142. The van der Waals surface area contributed by atoms with Crippen LogP contribution in [-0.2, 0) is 90.3 Å². The second-order valence-corrected chi connectivity index (χ2v) is 26.7. The predicted octanol–water partition coefficient (Wildman–Crippen LogP) is -0.847. The van der Waals surface area contributed by atoms with Gasteiger partial charge in [-0.25, -0.2) is 4.39 Å². The van der Waals surface area contributed by atoms with Crippen LogP contribution in [-0.4, -0.2) is 203 Å². The number of nitrogens with one attached hydrogen (secondary N) is 11. The predicted molar refractivity (Wildman–Crippen MR) is 382 cm³/mol. The van der Waals surface area contributed by atoms with Gasteiger partial charge in [-0.2, -0.15) is 10.3 Å². The summed E-state index contributed by atoms with van der Waals surface area (Å²) in [6.45, 7) is 11.1. The van der Waals surface area contributed by atoms with E-state index in [-0.39, 0.29) is 30.7 Å². The van der Waals surface area contributed by atoms with Gasteiger partial charge in [-0.3, -0.25) is 57.8 Å². The van der Waals surface area contributed by atoms with Crippen LogP contribution in [0.2, 0.25) is 0 Å². The first kappa shape index (κ1) is 83.8. The maximum Gasteiger partial charge on any atom is 0.305 e. The summed E-state index contributed by atoms with van der Waals surface area (Å²) in [5.74, 6) is -12.9. The van der Waals surface area contributed by atoms with Gasteiger partial charge in [0.25, 0.3) is 0 Å². The standard InChI is InChI=1S/C72H96FN17O16/c1-9-45-33-48(106-28-13-12-26-74)23-24-49(45)46-21-19-43(20-22-46)32-52(64(99)78-51(62(75)97)18-14-15-44-30-39(2)29-40(3)31-44)79-65(100)54(35-59(95)96)80-66(101)55(38-91)81-67(102)60(41(4)92)84-70(105)72(8,36-47-16-10-11-17-50(47)73)85-68(103)61(42(5)93)83-58(94)37-76-63(98)53(34-57-87-89-90-88-57)82-69(104)71(6,7)56-25-27-77-86-56/h10-11,16-17,19-25,27,29-31,33,41-42,51-55,60-61,91-93H,9,12-15,18,26,28,32,34-38,74H2,1-8H3,(H2,75,97)(H,76,98)(H,77,86)(H,78,99)(H,79,100)(H,80,101)(H,81,102)(H,82,104)(H,83,94)(H,84,105)(H,85,103)(H,95,96)(H,87,88,89,90)/t41-,42-,51+,52+,53+,54+,55+,60+,61+,72+/m1/s1. The third kappa shape index (κ3) is 24.8. The average molecular weight is 1470 g/mol. The van der Waals surface area contributed by atoms with Crippen LogP contribution >= 0.6 is 0 Å². The molecule has 0 saturated carbocycles. The molecule has 0 aliphatic rings. The number of tetrazole rings is 1. The first-order chi connectivity index (χ1) is 50.2. The Hall–Kier alpha value is -11.1. The molecule has 0 spiro atoms. The van der Waals surface area contributed by atoms with Gasteiger partial charge in [-0.05, 0) is 151 Å². The molecule has 10 amide bonds. The highest BCUT2D eigenvalue weighted by Gasteiger charge is 2.43. The van der Waals surface area contributed by atoms with Crippen molar-refractivity contribution in [1.29, 1.82) is 0 Å². The molecule has 106 heavy (non-hydrogen) atoms. The van der Waals surface area contributed by atoms with Crippen LogP contribution in [0.1, 0.15) is 119 Å². The molecule has 4 aromatic carbocycles. The van der Waals surface area contributed by atoms with Crippen molar-refractivity contribution in [3.8, 4) is 16.9 Å². The molecule has 2 aromatic heterocycles. The lowest BCUT2D eigenvalue weighted by atomic mass is 9.88. The molecule has 6 rings (SSSR count). The molecule has 6 aromatic rings. The molecule has 0 aliphatic heterocycles. The number of rotatable bonds is 42. The van der Waals surface area contributed by atoms with Gasteiger partial charge in [-0.1, -0.05) is 90.0 Å². The van der Waals surface area contributed by atoms with Crippen LogP contribution in [0.4, 0.5) is 4.39 Å². The van der Waals surface area contributed by atoms with E-state index < -0.39 is 162 Å². The monoisotopic (exact) mass is 1470 g/mol. The maximum atomic E-state index is 15.5. The Morgan fingerprint density at radius 2 is 1.29 bits per heavy atom. The third-order valence-electron chi connectivity index (χ3n) is 17.5. The van der Waals surface area contributed by atoms with E-state index in [1.807, 2.05) is 57.2 Å². The molecule has 0 radical (unpaired) electrons. The largest absolute Gasteiger partial charge is 0.494 e. The number of carbonyl (C=O) groups excluding carboxylic acids is 10. The zero-order valence-electron chi connectivity index (χ0n) is 60.3. The Bertz CT molecular complexity index is 3990. The number of unbranched alkanes of at least 4 members (excludes halogenated alkanes) is 1.